The van der Waals surface area contributed by atoms with E-state index in [0.29, 0.717) is 12.5 Å². The molecule has 0 spiro atoms. The van der Waals surface area contributed by atoms with Crippen LogP contribution in [-0.2, 0) is 22.9 Å². The Hall–Kier alpha value is -1.83. The van der Waals surface area contributed by atoms with E-state index in [1.165, 1.54) is 25.0 Å². The van der Waals surface area contributed by atoms with Crippen LogP contribution in [0.25, 0.3) is 0 Å². The highest BCUT2D eigenvalue weighted by atomic mass is 35.5. The van der Waals surface area contributed by atoms with Crippen molar-refractivity contribution in [2.24, 2.45) is 0 Å². The monoisotopic (exact) mass is 438 g/mol. The van der Waals surface area contributed by atoms with Crippen molar-refractivity contribution in [3.8, 4) is 5.75 Å². The molecule has 2 aromatic carbocycles. The molecule has 1 saturated heterocycles. The Labute approximate surface area is 175 Å². The van der Waals surface area contributed by atoms with Gasteiger partial charge in [-0.1, -0.05) is 11.6 Å². The number of nitrogens with one attached hydrogen (secondary N) is 1. The predicted molar refractivity (Wildman–Crippen MR) is 112 cm³/mol. The van der Waals surface area contributed by atoms with Crippen LogP contribution in [-0.4, -0.2) is 39.6 Å². The van der Waals surface area contributed by atoms with Gasteiger partial charge in [-0.25, -0.2) is 12.8 Å². The van der Waals surface area contributed by atoms with E-state index >= 15 is 0 Å². The number of halogens is 2. The van der Waals surface area contributed by atoms with Crippen LogP contribution in [0.1, 0.15) is 30.4 Å². The summed E-state index contributed by atoms with van der Waals surface area (Å²) in [5, 5.41) is -0.129. The molecule has 156 valence electrons. The molecule has 1 fully saturated rings. The molecule has 0 bridgehead atoms. The van der Waals surface area contributed by atoms with Crippen LogP contribution in [0.3, 0.4) is 0 Å². The summed E-state index contributed by atoms with van der Waals surface area (Å²) in [5.41, 5.74) is 2.00. The summed E-state index contributed by atoms with van der Waals surface area (Å²) in [6.07, 6.45) is 4.82. The first-order valence-corrected chi connectivity index (χ1v) is 11.7. The van der Waals surface area contributed by atoms with Crippen molar-refractivity contribution in [1.29, 1.82) is 0 Å². The number of sulfonamides is 1. The first kappa shape index (κ1) is 20.4. The van der Waals surface area contributed by atoms with Crippen LogP contribution >= 0.6 is 11.6 Å². The summed E-state index contributed by atoms with van der Waals surface area (Å²) in [7, 11) is -2.23. The molecule has 29 heavy (non-hydrogen) atoms. The maximum atomic E-state index is 13.4. The van der Waals surface area contributed by atoms with Crippen LogP contribution < -0.4 is 9.46 Å². The fourth-order valence-electron chi connectivity index (χ4n) is 4.43. The van der Waals surface area contributed by atoms with Gasteiger partial charge < -0.3 is 9.64 Å². The lowest BCUT2D eigenvalue weighted by atomic mass is 9.87. The lowest BCUT2D eigenvalue weighted by Crippen LogP contribution is -2.37. The second-order valence-electron chi connectivity index (χ2n) is 7.60. The van der Waals surface area contributed by atoms with E-state index in [9.17, 15) is 12.8 Å². The van der Waals surface area contributed by atoms with Crippen LogP contribution in [0, 0.1) is 5.82 Å². The molecule has 5 nitrogen and oxygen atoms in total. The lowest BCUT2D eigenvalue weighted by Gasteiger charge is -2.33. The second kappa shape index (κ2) is 8.13. The zero-order chi connectivity index (χ0) is 20.6. The molecule has 8 heteroatoms. The van der Waals surface area contributed by atoms with Crippen LogP contribution in [0.5, 0.6) is 5.75 Å². The number of anilines is 1. The number of methoxy groups -OCH3 is 1. The topological polar surface area (TPSA) is 58.6 Å². The number of hydrogen-bond acceptors (Lipinski definition) is 4. The van der Waals surface area contributed by atoms with E-state index in [1.54, 1.807) is 19.2 Å². The smallest absolute Gasteiger partial charge is 0.262 e. The van der Waals surface area contributed by atoms with E-state index in [4.69, 9.17) is 16.3 Å². The molecular formula is C21H24ClFN2O3S. The molecule has 1 aliphatic carbocycles. The van der Waals surface area contributed by atoms with Gasteiger partial charge in [0, 0.05) is 11.6 Å². The van der Waals surface area contributed by atoms with Crippen LogP contribution in [0.15, 0.2) is 35.2 Å². The van der Waals surface area contributed by atoms with Gasteiger partial charge >= 0.3 is 0 Å². The van der Waals surface area contributed by atoms with Crippen molar-refractivity contribution < 1.29 is 17.5 Å². The maximum absolute atomic E-state index is 13.4. The molecule has 1 heterocycles. The van der Waals surface area contributed by atoms with Gasteiger partial charge in [0.1, 0.15) is 11.6 Å². The molecule has 1 atom stereocenters. The van der Waals surface area contributed by atoms with Gasteiger partial charge in [-0.15, -0.1) is 0 Å². The summed E-state index contributed by atoms with van der Waals surface area (Å²) in [6, 6.07) is 7.50. The zero-order valence-electron chi connectivity index (χ0n) is 16.2. The zero-order valence-corrected chi connectivity index (χ0v) is 17.8. The molecule has 1 N–H and O–H groups in total. The Bertz CT molecular complexity index is 1020. The minimum Gasteiger partial charge on any atom is -0.496 e. The average Bonchev–Trinajstić information content (AvgIpc) is 3.24. The third-order valence-corrected chi connectivity index (χ3v) is 7.61. The van der Waals surface area contributed by atoms with Crippen molar-refractivity contribution >= 4 is 27.3 Å². The Balaban J connectivity index is 1.67. The summed E-state index contributed by atoms with van der Waals surface area (Å²) in [6.45, 7) is 2.21. The standard InChI is InChI=1S/C21H24ClFN2O3S/c1-28-20-8-9-21(29(26,27)24-14-4-7-19(23)18(22)12-14)16-6-5-15(13-17(16)20)25-10-2-3-11-25/h4,7-9,12,15,24H,2-3,5-6,10-11,13H2,1H3. The van der Waals surface area contributed by atoms with Crippen molar-refractivity contribution in [3.05, 3.63) is 52.3 Å². The molecule has 4 rings (SSSR count). The third-order valence-electron chi connectivity index (χ3n) is 5.85. The number of hydrogen-bond donors (Lipinski definition) is 1. The second-order valence-corrected chi connectivity index (χ2v) is 9.66. The van der Waals surface area contributed by atoms with Gasteiger partial charge in [0.25, 0.3) is 10.0 Å². The van der Waals surface area contributed by atoms with Crippen molar-refractivity contribution in [2.75, 3.05) is 24.9 Å². The Morgan fingerprint density at radius 1 is 1.17 bits per heavy atom. The largest absolute Gasteiger partial charge is 0.496 e. The normalized spacial score (nSPS) is 19.8. The molecule has 1 unspecified atom stereocenters. The number of likely N-dealkylation sites (tertiary alicyclic amines) is 1. The van der Waals surface area contributed by atoms with Gasteiger partial charge in [-0.2, -0.15) is 0 Å². The molecule has 0 radical (unpaired) electrons. The summed E-state index contributed by atoms with van der Waals surface area (Å²) < 4.78 is 47.7. The molecular weight excluding hydrogens is 415 g/mol. The van der Waals surface area contributed by atoms with Crippen molar-refractivity contribution in [1.82, 2.24) is 4.90 Å². The quantitative estimate of drug-likeness (QED) is 0.758. The van der Waals surface area contributed by atoms with E-state index in [1.807, 2.05) is 0 Å². The fraction of sp³-hybridized carbons (Fsp3) is 0.429. The maximum Gasteiger partial charge on any atom is 0.262 e. The van der Waals surface area contributed by atoms with Crippen molar-refractivity contribution in [3.63, 3.8) is 0 Å². The Morgan fingerprint density at radius 2 is 1.93 bits per heavy atom. The van der Waals surface area contributed by atoms with E-state index in [2.05, 4.69) is 9.62 Å². The van der Waals surface area contributed by atoms with Gasteiger partial charge in [0.05, 0.1) is 22.7 Å². The van der Waals surface area contributed by atoms with Gasteiger partial charge in [0.2, 0.25) is 0 Å². The molecule has 0 amide bonds. The highest BCUT2D eigenvalue weighted by Crippen LogP contribution is 2.37. The molecule has 0 aromatic heterocycles. The number of benzene rings is 2. The number of fused-ring (bicyclic) bond motifs is 1. The van der Waals surface area contributed by atoms with E-state index in [-0.39, 0.29) is 15.6 Å². The SMILES string of the molecule is COc1ccc(S(=O)(=O)Nc2ccc(F)c(Cl)c2)c2c1CC(N1CCCC1)CC2. The first-order valence-electron chi connectivity index (χ1n) is 9.79. The summed E-state index contributed by atoms with van der Waals surface area (Å²) in [4.78, 5) is 2.75. The lowest BCUT2D eigenvalue weighted by molar-refractivity contribution is 0.219. The van der Waals surface area contributed by atoms with Gasteiger partial charge in [0.15, 0.2) is 0 Å². The first-order chi connectivity index (χ1) is 13.9. The minimum absolute atomic E-state index is 0.129. The highest BCUT2D eigenvalue weighted by Gasteiger charge is 2.32. The predicted octanol–water partition coefficient (Wildman–Crippen LogP) is 4.24. The Kier molecular flexibility index (Phi) is 5.73. The number of rotatable bonds is 5. The van der Waals surface area contributed by atoms with Gasteiger partial charge in [-0.05, 0) is 81.1 Å². The molecule has 0 saturated carbocycles. The molecule has 2 aromatic rings. The number of nitrogens with zero attached hydrogens (tertiary/aromatic N) is 1. The summed E-state index contributed by atoms with van der Waals surface area (Å²) in [5.74, 6) is 0.136. The third kappa shape index (κ3) is 4.09. The molecule has 1 aliphatic heterocycles. The minimum atomic E-state index is -3.85. The number of ether oxygens (including phenoxy) is 1. The summed E-state index contributed by atoms with van der Waals surface area (Å²) >= 11 is 5.79. The fourth-order valence-corrected chi connectivity index (χ4v) is 5.95. The van der Waals surface area contributed by atoms with E-state index in [0.717, 1.165) is 48.9 Å². The Morgan fingerprint density at radius 3 is 2.62 bits per heavy atom. The van der Waals surface area contributed by atoms with Crippen LogP contribution in [0.2, 0.25) is 5.02 Å². The van der Waals surface area contributed by atoms with Crippen LogP contribution in [0.4, 0.5) is 10.1 Å². The van der Waals surface area contributed by atoms with Crippen molar-refractivity contribution in [2.45, 2.75) is 43.0 Å². The molecule has 2 aliphatic rings. The highest BCUT2D eigenvalue weighted by molar-refractivity contribution is 7.92. The van der Waals surface area contributed by atoms with Gasteiger partial charge in [-0.3, -0.25) is 4.72 Å². The average molecular weight is 439 g/mol. The van der Waals surface area contributed by atoms with E-state index < -0.39 is 15.8 Å².